The molecule has 7 heteroatoms. The number of aromatic nitrogens is 2. The molecule has 0 aliphatic rings. The fourth-order valence-electron chi connectivity index (χ4n) is 1.66. The van der Waals surface area contributed by atoms with E-state index >= 15 is 0 Å². The van der Waals surface area contributed by atoms with Crippen LogP contribution in [0.4, 0.5) is 10.1 Å². The molecule has 2 rings (SSSR count). The third-order valence-corrected chi connectivity index (χ3v) is 2.66. The molecule has 2 aromatic rings. The number of anilines is 1. The molecule has 0 saturated heterocycles. The summed E-state index contributed by atoms with van der Waals surface area (Å²) in [5.41, 5.74) is 1.01. The van der Waals surface area contributed by atoms with Crippen molar-refractivity contribution in [2.45, 2.75) is 6.54 Å². The van der Waals surface area contributed by atoms with Crippen LogP contribution in [0.1, 0.15) is 0 Å². The van der Waals surface area contributed by atoms with Crippen LogP contribution >= 0.6 is 0 Å². The molecule has 0 atom stereocenters. The molecule has 1 heterocycles. The Labute approximate surface area is 113 Å². The first-order chi connectivity index (χ1) is 9.51. The number of nitrogens with zero attached hydrogens (tertiary/aromatic N) is 2. The molecule has 0 radical (unpaired) electrons. The van der Waals surface area contributed by atoms with E-state index in [0.29, 0.717) is 11.2 Å². The van der Waals surface area contributed by atoms with Crippen LogP contribution in [0.5, 0.6) is 0 Å². The summed E-state index contributed by atoms with van der Waals surface area (Å²) in [6, 6.07) is 4.90. The molecule has 1 aromatic carbocycles. The van der Waals surface area contributed by atoms with E-state index in [4.69, 9.17) is 0 Å². The van der Waals surface area contributed by atoms with Gasteiger partial charge < -0.3 is 10.1 Å². The van der Waals surface area contributed by atoms with Gasteiger partial charge in [-0.15, -0.1) is 0 Å². The van der Waals surface area contributed by atoms with Crippen LogP contribution in [0.2, 0.25) is 0 Å². The third kappa shape index (κ3) is 2.82. The van der Waals surface area contributed by atoms with Gasteiger partial charge in [-0.2, -0.15) is 5.10 Å². The topological polar surface area (TPSA) is 73.2 Å². The number of fused-ring (bicyclic) bond motifs is 1. The van der Waals surface area contributed by atoms with Gasteiger partial charge in [0.05, 0.1) is 18.8 Å². The van der Waals surface area contributed by atoms with Crippen LogP contribution < -0.4 is 5.32 Å². The predicted molar refractivity (Wildman–Crippen MR) is 70.6 cm³/mol. The Bertz CT molecular complexity index is 693. The molecule has 1 N–H and O–H groups in total. The van der Waals surface area contributed by atoms with Crippen molar-refractivity contribution in [2.75, 3.05) is 12.4 Å². The number of esters is 1. The summed E-state index contributed by atoms with van der Waals surface area (Å²) in [7, 11) is 1.28. The van der Waals surface area contributed by atoms with Crippen molar-refractivity contribution in [2.24, 2.45) is 0 Å². The lowest BCUT2D eigenvalue weighted by Gasteiger charge is -2.05. The monoisotopic (exact) mass is 277 g/mol. The van der Waals surface area contributed by atoms with Crippen molar-refractivity contribution in [1.82, 2.24) is 9.78 Å². The standard InChI is InChI=1S/C13H12FN3O3/c1-8(14)13(19)16-10-4-3-9-6-15-17(11(9)5-10)7-12(18)20-2/h3-6H,1,7H2,2H3,(H,16,19). The Morgan fingerprint density at radius 2 is 2.25 bits per heavy atom. The Kier molecular flexibility index (Phi) is 3.79. The van der Waals surface area contributed by atoms with Crippen molar-refractivity contribution in [3.63, 3.8) is 0 Å². The minimum absolute atomic E-state index is 0.0484. The quantitative estimate of drug-likeness (QED) is 0.681. The van der Waals surface area contributed by atoms with Crippen LogP contribution in [0.3, 0.4) is 0 Å². The molecule has 1 amide bonds. The Morgan fingerprint density at radius 1 is 1.50 bits per heavy atom. The van der Waals surface area contributed by atoms with Gasteiger partial charge >= 0.3 is 5.97 Å². The van der Waals surface area contributed by atoms with E-state index in [0.717, 1.165) is 5.39 Å². The fraction of sp³-hybridized carbons (Fsp3) is 0.154. The minimum Gasteiger partial charge on any atom is -0.468 e. The second-order valence-corrected chi connectivity index (χ2v) is 4.01. The van der Waals surface area contributed by atoms with Gasteiger partial charge in [-0.3, -0.25) is 14.3 Å². The zero-order valence-corrected chi connectivity index (χ0v) is 10.7. The molecule has 0 bridgehead atoms. The number of ether oxygens (including phenoxy) is 1. The Hall–Kier alpha value is -2.70. The highest BCUT2D eigenvalue weighted by molar-refractivity contribution is 6.02. The lowest BCUT2D eigenvalue weighted by Crippen LogP contribution is -2.13. The summed E-state index contributed by atoms with van der Waals surface area (Å²) in [5, 5.41) is 7.18. The minimum atomic E-state index is -1.08. The third-order valence-electron chi connectivity index (χ3n) is 2.66. The number of nitrogens with one attached hydrogen (secondary N) is 1. The van der Waals surface area contributed by atoms with Crippen molar-refractivity contribution in [3.8, 4) is 0 Å². The lowest BCUT2D eigenvalue weighted by atomic mass is 10.2. The van der Waals surface area contributed by atoms with E-state index in [2.05, 4.69) is 21.7 Å². The maximum atomic E-state index is 12.6. The highest BCUT2D eigenvalue weighted by atomic mass is 19.1. The summed E-state index contributed by atoms with van der Waals surface area (Å²) in [5.74, 6) is -2.43. The first-order valence-corrected chi connectivity index (χ1v) is 5.69. The van der Waals surface area contributed by atoms with Gasteiger partial charge in [0, 0.05) is 11.1 Å². The molecule has 20 heavy (non-hydrogen) atoms. The Balaban J connectivity index is 2.31. The average molecular weight is 277 g/mol. The van der Waals surface area contributed by atoms with Gasteiger partial charge in [0.1, 0.15) is 6.54 Å². The molecule has 6 nitrogen and oxygen atoms in total. The van der Waals surface area contributed by atoms with Crippen LogP contribution in [0.15, 0.2) is 36.8 Å². The molecule has 0 saturated carbocycles. The summed E-state index contributed by atoms with van der Waals surface area (Å²) in [4.78, 5) is 22.5. The SMILES string of the molecule is C=C(F)C(=O)Nc1ccc2cnn(CC(=O)OC)c2c1. The number of halogens is 1. The van der Waals surface area contributed by atoms with E-state index < -0.39 is 17.7 Å². The zero-order chi connectivity index (χ0) is 14.7. The van der Waals surface area contributed by atoms with E-state index in [1.54, 1.807) is 24.4 Å². The normalized spacial score (nSPS) is 10.3. The van der Waals surface area contributed by atoms with Crippen molar-refractivity contribution in [1.29, 1.82) is 0 Å². The van der Waals surface area contributed by atoms with Gasteiger partial charge in [0.25, 0.3) is 5.91 Å². The summed E-state index contributed by atoms with van der Waals surface area (Å²) in [6.07, 6.45) is 1.58. The zero-order valence-electron chi connectivity index (χ0n) is 10.7. The maximum Gasteiger partial charge on any atom is 0.327 e. The number of benzene rings is 1. The number of carbonyl (C=O) groups is 2. The van der Waals surface area contributed by atoms with Gasteiger partial charge in [0.2, 0.25) is 0 Å². The molecule has 104 valence electrons. The number of carbonyl (C=O) groups excluding carboxylic acids is 2. The first-order valence-electron chi connectivity index (χ1n) is 5.69. The molecule has 0 fully saturated rings. The molecule has 0 spiro atoms. The smallest absolute Gasteiger partial charge is 0.327 e. The van der Waals surface area contributed by atoms with E-state index in [1.807, 2.05) is 0 Å². The second kappa shape index (κ2) is 5.52. The summed E-state index contributed by atoms with van der Waals surface area (Å²) >= 11 is 0. The number of rotatable bonds is 4. The van der Waals surface area contributed by atoms with Crippen LogP contribution in [0.25, 0.3) is 10.9 Å². The van der Waals surface area contributed by atoms with Crippen molar-refractivity contribution < 1.29 is 18.7 Å². The number of hydrogen-bond donors (Lipinski definition) is 1. The fourth-order valence-corrected chi connectivity index (χ4v) is 1.66. The van der Waals surface area contributed by atoms with Crippen molar-refractivity contribution in [3.05, 3.63) is 36.8 Å². The van der Waals surface area contributed by atoms with Crippen molar-refractivity contribution >= 4 is 28.5 Å². The summed E-state index contributed by atoms with van der Waals surface area (Å²) in [6.45, 7) is 2.87. The van der Waals surface area contributed by atoms with E-state index in [1.165, 1.54) is 11.8 Å². The predicted octanol–water partition coefficient (Wildman–Crippen LogP) is 1.63. The first kappa shape index (κ1) is 13.7. The van der Waals surface area contributed by atoms with Gasteiger partial charge in [-0.1, -0.05) is 6.58 Å². The maximum absolute atomic E-state index is 12.6. The van der Waals surface area contributed by atoms with Crippen LogP contribution in [0, 0.1) is 0 Å². The van der Waals surface area contributed by atoms with E-state index in [-0.39, 0.29) is 6.54 Å². The van der Waals surface area contributed by atoms with E-state index in [9.17, 15) is 14.0 Å². The average Bonchev–Trinajstić information content (AvgIpc) is 2.81. The van der Waals surface area contributed by atoms with Gasteiger partial charge in [-0.25, -0.2) is 4.39 Å². The molecular formula is C13H12FN3O3. The molecular weight excluding hydrogens is 265 g/mol. The number of hydrogen-bond acceptors (Lipinski definition) is 4. The summed E-state index contributed by atoms with van der Waals surface area (Å²) < 4.78 is 18.6. The lowest BCUT2D eigenvalue weighted by molar-refractivity contribution is -0.141. The highest BCUT2D eigenvalue weighted by Crippen LogP contribution is 2.19. The number of amides is 1. The van der Waals surface area contributed by atoms with Crippen LogP contribution in [-0.2, 0) is 20.9 Å². The largest absolute Gasteiger partial charge is 0.468 e. The molecule has 1 aromatic heterocycles. The van der Waals surface area contributed by atoms with Gasteiger partial charge in [-0.05, 0) is 18.2 Å². The second-order valence-electron chi connectivity index (χ2n) is 4.01. The van der Waals surface area contributed by atoms with Crippen LogP contribution in [-0.4, -0.2) is 28.8 Å². The Morgan fingerprint density at radius 3 is 2.90 bits per heavy atom. The number of methoxy groups -OCH3 is 1. The molecule has 0 unspecified atom stereocenters. The highest BCUT2D eigenvalue weighted by Gasteiger charge is 2.10. The van der Waals surface area contributed by atoms with Gasteiger partial charge in [0.15, 0.2) is 5.83 Å². The molecule has 0 aliphatic heterocycles. The molecule has 0 aliphatic carbocycles.